The number of phenols is 1. The summed E-state index contributed by atoms with van der Waals surface area (Å²) in [6.45, 7) is 2.47. The Morgan fingerprint density at radius 1 is 1.44 bits per heavy atom. The minimum atomic E-state index is -0.271. The Kier molecular flexibility index (Phi) is 5.08. The molecule has 0 saturated carbocycles. The van der Waals surface area contributed by atoms with Gasteiger partial charge in [0.1, 0.15) is 0 Å². The van der Waals surface area contributed by atoms with Crippen molar-refractivity contribution in [3.63, 3.8) is 0 Å². The standard InChI is InChI=1S/C12H19NO3/c1-2-16-11-7-3-5-9(12(11)15)10(13)6-4-8-14/h3,5,7,10,14-15H,2,4,6,8,13H2,1H3/t10-/m0/s1. The lowest BCUT2D eigenvalue weighted by Crippen LogP contribution is -2.11. The summed E-state index contributed by atoms with van der Waals surface area (Å²) in [6, 6.07) is 5.02. The smallest absolute Gasteiger partial charge is 0.162 e. The molecule has 0 aromatic heterocycles. The lowest BCUT2D eigenvalue weighted by Gasteiger charge is -2.15. The second-order valence-corrected chi connectivity index (χ2v) is 3.60. The molecule has 0 aliphatic rings. The number of aliphatic hydroxyl groups excluding tert-OH is 1. The second-order valence-electron chi connectivity index (χ2n) is 3.60. The van der Waals surface area contributed by atoms with Crippen LogP contribution in [0, 0.1) is 0 Å². The van der Waals surface area contributed by atoms with E-state index < -0.39 is 0 Å². The fourth-order valence-electron chi connectivity index (χ4n) is 1.58. The van der Waals surface area contributed by atoms with E-state index >= 15 is 0 Å². The minimum Gasteiger partial charge on any atom is -0.504 e. The third kappa shape index (κ3) is 3.12. The maximum atomic E-state index is 9.92. The van der Waals surface area contributed by atoms with E-state index in [1.807, 2.05) is 6.92 Å². The molecule has 0 spiro atoms. The van der Waals surface area contributed by atoms with Crippen LogP contribution in [0.15, 0.2) is 18.2 Å². The summed E-state index contributed by atoms with van der Waals surface area (Å²) in [4.78, 5) is 0. The molecule has 1 rings (SSSR count). The second kappa shape index (κ2) is 6.35. The third-order valence-electron chi connectivity index (χ3n) is 2.40. The summed E-state index contributed by atoms with van der Waals surface area (Å²) < 4.78 is 5.28. The highest BCUT2D eigenvalue weighted by Crippen LogP contribution is 2.34. The van der Waals surface area contributed by atoms with Crippen LogP contribution >= 0.6 is 0 Å². The predicted molar refractivity (Wildman–Crippen MR) is 62.5 cm³/mol. The van der Waals surface area contributed by atoms with Gasteiger partial charge in [0.05, 0.1) is 6.61 Å². The van der Waals surface area contributed by atoms with Crippen molar-refractivity contribution >= 4 is 0 Å². The summed E-state index contributed by atoms with van der Waals surface area (Å²) in [7, 11) is 0. The molecule has 1 atom stereocenters. The van der Waals surface area contributed by atoms with Crippen LogP contribution in [-0.4, -0.2) is 23.4 Å². The lowest BCUT2D eigenvalue weighted by molar-refractivity contribution is 0.278. The fraction of sp³-hybridized carbons (Fsp3) is 0.500. The predicted octanol–water partition coefficient (Wildman–Crippen LogP) is 1.56. The van der Waals surface area contributed by atoms with Gasteiger partial charge in [0.15, 0.2) is 11.5 Å². The molecule has 4 N–H and O–H groups in total. The van der Waals surface area contributed by atoms with Crippen molar-refractivity contribution in [3.8, 4) is 11.5 Å². The van der Waals surface area contributed by atoms with E-state index in [0.717, 1.165) is 0 Å². The molecule has 0 fully saturated rings. The summed E-state index contributed by atoms with van der Waals surface area (Å²) in [5.41, 5.74) is 6.59. The summed E-state index contributed by atoms with van der Waals surface area (Å²) in [5.74, 6) is 0.564. The van der Waals surface area contributed by atoms with Gasteiger partial charge in [-0.15, -0.1) is 0 Å². The van der Waals surface area contributed by atoms with Gasteiger partial charge in [-0.3, -0.25) is 0 Å². The zero-order valence-electron chi connectivity index (χ0n) is 9.52. The first-order valence-corrected chi connectivity index (χ1v) is 5.51. The number of hydrogen-bond acceptors (Lipinski definition) is 4. The van der Waals surface area contributed by atoms with Crippen LogP contribution in [0.2, 0.25) is 0 Å². The number of nitrogens with two attached hydrogens (primary N) is 1. The molecule has 16 heavy (non-hydrogen) atoms. The van der Waals surface area contributed by atoms with Gasteiger partial charge in [0.2, 0.25) is 0 Å². The number of phenolic OH excluding ortho intramolecular Hbond substituents is 1. The van der Waals surface area contributed by atoms with Crippen LogP contribution in [0.3, 0.4) is 0 Å². The highest BCUT2D eigenvalue weighted by atomic mass is 16.5. The molecule has 4 heteroatoms. The first-order valence-electron chi connectivity index (χ1n) is 5.51. The van der Waals surface area contributed by atoms with Gasteiger partial charge < -0.3 is 20.7 Å². The molecule has 90 valence electrons. The Hall–Kier alpha value is -1.26. The molecule has 0 bridgehead atoms. The minimum absolute atomic E-state index is 0.106. The van der Waals surface area contributed by atoms with Gasteiger partial charge in [0, 0.05) is 18.2 Å². The lowest BCUT2D eigenvalue weighted by atomic mass is 10.0. The van der Waals surface area contributed by atoms with E-state index in [9.17, 15) is 5.11 Å². The van der Waals surface area contributed by atoms with Gasteiger partial charge in [-0.1, -0.05) is 12.1 Å². The Morgan fingerprint density at radius 2 is 2.19 bits per heavy atom. The van der Waals surface area contributed by atoms with E-state index in [4.69, 9.17) is 15.6 Å². The van der Waals surface area contributed by atoms with Crippen molar-refractivity contribution in [1.29, 1.82) is 0 Å². The highest BCUT2D eigenvalue weighted by molar-refractivity contribution is 5.46. The van der Waals surface area contributed by atoms with Crippen molar-refractivity contribution in [3.05, 3.63) is 23.8 Å². The first-order chi connectivity index (χ1) is 7.70. The van der Waals surface area contributed by atoms with Gasteiger partial charge in [-0.25, -0.2) is 0 Å². The Bertz CT molecular complexity index is 328. The Labute approximate surface area is 95.7 Å². The third-order valence-corrected chi connectivity index (χ3v) is 2.40. The van der Waals surface area contributed by atoms with Crippen LogP contribution in [0.4, 0.5) is 0 Å². The first kappa shape index (κ1) is 12.8. The summed E-state index contributed by atoms with van der Waals surface area (Å²) >= 11 is 0. The largest absolute Gasteiger partial charge is 0.504 e. The van der Waals surface area contributed by atoms with Crippen molar-refractivity contribution in [2.45, 2.75) is 25.8 Å². The number of aliphatic hydroxyl groups is 1. The Morgan fingerprint density at radius 3 is 2.81 bits per heavy atom. The van der Waals surface area contributed by atoms with Crippen LogP contribution in [-0.2, 0) is 0 Å². The van der Waals surface area contributed by atoms with Crippen LogP contribution in [0.25, 0.3) is 0 Å². The van der Waals surface area contributed by atoms with Crippen LogP contribution < -0.4 is 10.5 Å². The molecule has 0 radical (unpaired) electrons. The SMILES string of the molecule is CCOc1cccc([C@@H](N)CCCO)c1O. The van der Waals surface area contributed by atoms with Crippen molar-refractivity contribution in [2.24, 2.45) is 5.73 Å². The van der Waals surface area contributed by atoms with Gasteiger partial charge in [-0.05, 0) is 25.8 Å². The van der Waals surface area contributed by atoms with Gasteiger partial charge >= 0.3 is 0 Å². The van der Waals surface area contributed by atoms with Gasteiger partial charge in [0.25, 0.3) is 0 Å². The van der Waals surface area contributed by atoms with E-state index in [1.165, 1.54) is 0 Å². The normalized spacial score (nSPS) is 12.4. The number of hydrogen-bond donors (Lipinski definition) is 3. The topological polar surface area (TPSA) is 75.7 Å². The summed E-state index contributed by atoms with van der Waals surface area (Å²) in [5, 5.41) is 18.6. The van der Waals surface area contributed by atoms with E-state index in [0.29, 0.717) is 30.8 Å². The fourth-order valence-corrected chi connectivity index (χ4v) is 1.58. The average molecular weight is 225 g/mol. The average Bonchev–Trinajstić information content (AvgIpc) is 2.29. The van der Waals surface area contributed by atoms with Crippen LogP contribution in [0.1, 0.15) is 31.4 Å². The van der Waals surface area contributed by atoms with E-state index in [-0.39, 0.29) is 18.4 Å². The van der Waals surface area contributed by atoms with E-state index in [1.54, 1.807) is 18.2 Å². The highest BCUT2D eigenvalue weighted by Gasteiger charge is 2.13. The molecular formula is C12H19NO3. The zero-order chi connectivity index (χ0) is 12.0. The van der Waals surface area contributed by atoms with Gasteiger partial charge in [-0.2, -0.15) is 0 Å². The summed E-state index contributed by atoms with van der Waals surface area (Å²) in [6.07, 6.45) is 1.26. The molecule has 1 aromatic rings. The van der Waals surface area contributed by atoms with Crippen molar-refractivity contribution in [2.75, 3.05) is 13.2 Å². The van der Waals surface area contributed by atoms with Crippen molar-refractivity contribution < 1.29 is 14.9 Å². The monoisotopic (exact) mass is 225 g/mol. The molecule has 0 heterocycles. The maximum absolute atomic E-state index is 9.92. The van der Waals surface area contributed by atoms with E-state index in [2.05, 4.69) is 0 Å². The molecule has 0 unspecified atom stereocenters. The maximum Gasteiger partial charge on any atom is 0.162 e. The molecule has 0 amide bonds. The number of aromatic hydroxyl groups is 1. The molecule has 0 aliphatic heterocycles. The zero-order valence-corrected chi connectivity index (χ0v) is 9.52. The number of para-hydroxylation sites is 1. The molecule has 1 aromatic carbocycles. The number of benzene rings is 1. The number of rotatable bonds is 6. The quantitative estimate of drug-likeness (QED) is 0.686. The molecule has 4 nitrogen and oxygen atoms in total. The molecular weight excluding hydrogens is 206 g/mol. The van der Waals surface area contributed by atoms with Crippen LogP contribution in [0.5, 0.6) is 11.5 Å². The van der Waals surface area contributed by atoms with Crippen molar-refractivity contribution in [1.82, 2.24) is 0 Å². The molecule has 0 saturated heterocycles. The molecule has 0 aliphatic carbocycles. The number of ether oxygens (including phenoxy) is 1. The Balaban J connectivity index is 2.82.